The summed E-state index contributed by atoms with van der Waals surface area (Å²) in [7, 11) is 0. The average molecular weight is 531 g/mol. The summed E-state index contributed by atoms with van der Waals surface area (Å²) in [4.78, 5) is 25.6. The Balaban J connectivity index is 1.79. The largest absolute Gasteiger partial charge is 0.463 e. The number of fused-ring (bicyclic) bond motifs is 2. The van der Waals surface area contributed by atoms with E-state index in [1.807, 2.05) is 37.3 Å². The van der Waals surface area contributed by atoms with Crippen LogP contribution in [-0.4, -0.2) is 74.1 Å². The number of allylic oxidation sites excluding steroid dienone is 1. The molecule has 1 aliphatic heterocycles. The van der Waals surface area contributed by atoms with Gasteiger partial charge in [-0.2, -0.15) is 0 Å². The number of carbonyl (C=O) groups is 2. The van der Waals surface area contributed by atoms with Gasteiger partial charge in [-0.05, 0) is 44.7 Å². The molecule has 9 nitrogen and oxygen atoms in total. The molecule has 5 rings (SSSR count). The van der Waals surface area contributed by atoms with Crippen LogP contribution in [0.2, 0.25) is 0 Å². The predicted octanol–water partition coefficient (Wildman–Crippen LogP) is 1.79. The highest BCUT2D eigenvalue weighted by Gasteiger charge is 2.84. The van der Waals surface area contributed by atoms with E-state index in [0.29, 0.717) is 18.4 Å². The van der Waals surface area contributed by atoms with E-state index in [1.54, 1.807) is 13.8 Å². The van der Waals surface area contributed by atoms with E-state index in [2.05, 4.69) is 0 Å². The van der Waals surface area contributed by atoms with Crippen LogP contribution in [0.3, 0.4) is 0 Å². The number of hydrogen-bond acceptors (Lipinski definition) is 9. The maximum atomic E-state index is 13.8. The average Bonchev–Trinajstić information content (AvgIpc) is 3.22. The smallest absolute Gasteiger partial charge is 0.343 e. The minimum atomic E-state index is -2.30. The number of ether oxygens (including phenoxy) is 3. The van der Waals surface area contributed by atoms with Crippen LogP contribution in [0.5, 0.6) is 0 Å². The molecule has 9 heteroatoms. The summed E-state index contributed by atoms with van der Waals surface area (Å²) in [6.45, 7) is 7.67. The standard InChI is InChI=1S/C29H38O9/c1-16-11-12-27-21(16)29(35,24(33)38-25(27,3)4)26(5)19(31)13-20(32)28(34,15-37-17(2)30)22(26)23(27)36-14-18-9-7-6-8-10-18/h6-10,19-20,22-23,31-32,34-35H,11-15H2,1-5H3/t19-,20-,22?,23-,26+,27-,28-,29+/m0/s1. The molecule has 4 aliphatic rings. The third-order valence-corrected chi connectivity index (χ3v) is 10.1. The highest BCUT2D eigenvalue weighted by atomic mass is 16.6. The second-order valence-electron chi connectivity index (χ2n) is 12.3. The van der Waals surface area contributed by atoms with E-state index in [9.17, 15) is 30.0 Å². The van der Waals surface area contributed by atoms with Crippen LogP contribution in [0.1, 0.15) is 59.4 Å². The molecule has 1 heterocycles. The van der Waals surface area contributed by atoms with Crippen LogP contribution in [-0.2, 0) is 30.4 Å². The molecule has 1 unspecified atom stereocenters. The van der Waals surface area contributed by atoms with Crippen LogP contribution >= 0.6 is 0 Å². The number of carbonyl (C=O) groups excluding carboxylic acids is 2. The van der Waals surface area contributed by atoms with Crippen molar-refractivity contribution < 1.29 is 44.2 Å². The maximum absolute atomic E-state index is 13.8. The summed E-state index contributed by atoms with van der Waals surface area (Å²) in [6, 6.07) is 9.44. The summed E-state index contributed by atoms with van der Waals surface area (Å²) in [5.41, 5.74) is -6.30. The van der Waals surface area contributed by atoms with E-state index in [-0.39, 0.29) is 13.0 Å². The quantitative estimate of drug-likeness (QED) is 0.331. The molecule has 1 aromatic rings. The van der Waals surface area contributed by atoms with Gasteiger partial charge in [-0.3, -0.25) is 4.79 Å². The van der Waals surface area contributed by atoms with Gasteiger partial charge in [0.05, 0.1) is 30.3 Å². The van der Waals surface area contributed by atoms with Gasteiger partial charge in [-0.15, -0.1) is 0 Å². The first-order valence-electron chi connectivity index (χ1n) is 13.2. The first-order valence-corrected chi connectivity index (χ1v) is 13.2. The monoisotopic (exact) mass is 530 g/mol. The van der Waals surface area contributed by atoms with Crippen molar-refractivity contribution in [2.45, 2.75) is 95.6 Å². The molecular formula is C29H38O9. The summed E-state index contributed by atoms with van der Waals surface area (Å²) in [5, 5.41) is 47.5. The first-order chi connectivity index (χ1) is 17.7. The number of hydrogen-bond donors (Lipinski definition) is 4. The summed E-state index contributed by atoms with van der Waals surface area (Å²) >= 11 is 0. The highest BCUT2D eigenvalue weighted by molar-refractivity contribution is 5.89. The molecular weight excluding hydrogens is 492 g/mol. The molecule has 0 spiro atoms. The Labute approximate surface area is 222 Å². The SMILES string of the molecule is CC(=O)OC[C@@]1(O)C2[C@H](OCc3ccccc3)[C@]34CCC(C)=C3[C@@](O)(C(=O)OC4(C)C)[C@]2(C)[C@@H](O)C[C@@H]1O. The maximum Gasteiger partial charge on any atom is 0.343 e. The van der Waals surface area contributed by atoms with E-state index < -0.39 is 70.4 Å². The second-order valence-corrected chi connectivity index (χ2v) is 12.3. The minimum absolute atomic E-state index is 0.129. The molecule has 1 saturated heterocycles. The Morgan fingerprint density at radius 2 is 1.76 bits per heavy atom. The van der Waals surface area contributed by atoms with Crippen molar-refractivity contribution in [3.63, 3.8) is 0 Å². The number of esters is 2. The lowest BCUT2D eigenvalue weighted by Gasteiger charge is -2.72. The molecule has 8 atom stereocenters. The van der Waals surface area contributed by atoms with E-state index in [4.69, 9.17) is 14.2 Å². The molecule has 1 aromatic carbocycles. The summed E-state index contributed by atoms with van der Waals surface area (Å²) in [6.07, 6.45) is -3.22. The van der Waals surface area contributed by atoms with Gasteiger partial charge >= 0.3 is 11.9 Å². The van der Waals surface area contributed by atoms with E-state index in [1.165, 1.54) is 13.8 Å². The van der Waals surface area contributed by atoms with Gasteiger partial charge in [0.2, 0.25) is 0 Å². The fourth-order valence-corrected chi connectivity index (χ4v) is 8.19. The van der Waals surface area contributed by atoms with Gasteiger partial charge in [0.15, 0.2) is 5.60 Å². The number of benzene rings is 1. The van der Waals surface area contributed by atoms with Crippen molar-refractivity contribution in [1.29, 1.82) is 0 Å². The van der Waals surface area contributed by atoms with Crippen molar-refractivity contribution in [3.8, 4) is 0 Å². The molecule has 38 heavy (non-hydrogen) atoms. The van der Waals surface area contributed by atoms with Gasteiger partial charge in [0.25, 0.3) is 0 Å². The number of cyclic esters (lactones) is 1. The fourth-order valence-electron chi connectivity index (χ4n) is 8.19. The zero-order valence-corrected chi connectivity index (χ0v) is 22.6. The van der Waals surface area contributed by atoms with Gasteiger partial charge < -0.3 is 34.6 Å². The normalized spacial score (nSPS) is 43.2. The third-order valence-electron chi connectivity index (χ3n) is 10.1. The van der Waals surface area contributed by atoms with Gasteiger partial charge in [0, 0.05) is 24.7 Å². The van der Waals surface area contributed by atoms with Crippen molar-refractivity contribution >= 4 is 11.9 Å². The fraction of sp³-hybridized carbons (Fsp3) is 0.655. The molecule has 3 aliphatic carbocycles. The van der Waals surface area contributed by atoms with Crippen molar-refractivity contribution in [2.75, 3.05) is 6.61 Å². The van der Waals surface area contributed by atoms with Crippen LogP contribution in [0.4, 0.5) is 0 Å². The van der Waals surface area contributed by atoms with Crippen LogP contribution in [0.15, 0.2) is 41.5 Å². The zero-order valence-electron chi connectivity index (χ0n) is 22.6. The lowest BCUT2D eigenvalue weighted by molar-refractivity contribution is -0.348. The molecule has 4 N–H and O–H groups in total. The van der Waals surface area contributed by atoms with Crippen molar-refractivity contribution in [3.05, 3.63) is 47.0 Å². The van der Waals surface area contributed by atoms with Gasteiger partial charge in [-0.1, -0.05) is 42.8 Å². The molecule has 0 radical (unpaired) electrons. The van der Waals surface area contributed by atoms with Gasteiger partial charge in [0.1, 0.15) is 17.8 Å². The summed E-state index contributed by atoms with van der Waals surface area (Å²) in [5.74, 6) is -2.79. The lowest BCUT2D eigenvalue weighted by atomic mass is 9.38. The van der Waals surface area contributed by atoms with E-state index in [0.717, 1.165) is 11.1 Å². The van der Waals surface area contributed by atoms with Crippen molar-refractivity contribution in [1.82, 2.24) is 0 Å². The summed E-state index contributed by atoms with van der Waals surface area (Å²) < 4.78 is 18.0. The Kier molecular flexibility index (Phi) is 6.17. The molecule has 208 valence electrons. The minimum Gasteiger partial charge on any atom is -0.463 e. The Morgan fingerprint density at radius 3 is 2.39 bits per heavy atom. The predicted molar refractivity (Wildman–Crippen MR) is 134 cm³/mol. The Bertz CT molecular complexity index is 1180. The third kappa shape index (κ3) is 3.23. The Morgan fingerprint density at radius 1 is 1.11 bits per heavy atom. The first kappa shape index (κ1) is 27.3. The Hall–Kier alpha value is -2.30. The molecule has 3 fully saturated rings. The second kappa shape index (κ2) is 8.60. The van der Waals surface area contributed by atoms with Crippen LogP contribution < -0.4 is 0 Å². The molecule has 2 bridgehead atoms. The molecule has 0 aromatic heterocycles. The van der Waals surface area contributed by atoms with Crippen molar-refractivity contribution in [2.24, 2.45) is 16.7 Å². The van der Waals surface area contributed by atoms with Crippen LogP contribution in [0.25, 0.3) is 0 Å². The van der Waals surface area contributed by atoms with Gasteiger partial charge in [-0.25, -0.2) is 4.79 Å². The molecule has 0 amide bonds. The highest BCUT2D eigenvalue weighted by Crippen LogP contribution is 2.74. The lowest BCUT2D eigenvalue weighted by Crippen LogP contribution is -2.85. The number of aliphatic hydroxyl groups is 4. The number of aliphatic hydroxyl groups excluding tert-OH is 2. The zero-order chi connectivity index (χ0) is 27.9. The topological polar surface area (TPSA) is 143 Å². The number of rotatable bonds is 5. The molecule has 2 saturated carbocycles. The van der Waals surface area contributed by atoms with E-state index >= 15 is 0 Å². The van der Waals surface area contributed by atoms with Crippen LogP contribution in [0, 0.1) is 16.7 Å².